The Balaban J connectivity index is 1.98. The maximum atomic E-state index is 12.6. The molecule has 13 nitrogen and oxygen atoms in total. The normalized spacial score (nSPS) is 11.3. The molecule has 0 heterocycles. The SMILES string of the molecule is COc1ccc(/C=C\c2cc(OC)c(OC)c(OC)c2)cc1NC(=O)CCCC(=O)N[C@@H](CCCN=C(N)N)C(=O)O. The average Bonchev–Trinajstić information content (AvgIpc) is 2.96. The number of nitrogens with one attached hydrogen (secondary N) is 2. The maximum Gasteiger partial charge on any atom is 0.326 e. The zero-order valence-corrected chi connectivity index (χ0v) is 24.3. The summed E-state index contributed by atoms with van der Waals surface area (Å²) in [7, 11) is 6.12. The molecule has 0 aliphatic carbocycles. The number of carboxylic acids is 1. The van der Waals surface area contributed by atoms with Crippen LogP contribution in [0.4, 0.5) is 5.69 Å². The van der Waals surface area contributed by atoms with Crippen molar-refractivity contribution in [3.63, 3.8) is 0 Å². The highest BCUT2D eigenvalue weighted by molar-refractivity contribution is 5.93. The van der Waals surface area contributed by atoms with Gasteiger partial charge in [-0.25, -0.2) is 4.79 Å². The Bertz CT molecular complexity index is 1270. The van der Waals surface area contributed by atoms with Gasteiger partial charge in [-0.05, 0) is 54.7 Å². The molecule has 228 valence electrons. The van der Waals surface area contributed by atoms with Gasteiger partial charge in [0, 0.05) is 19.4 Å². The van der Waals surface area contributed by atoms with Crippen molar-refractivity contribution in [1.29, 1.82) is 0 Å². The number of carboxylic acid groups (broad SMARTS) is 1. The van der Waals surface area contributed by atoms with Crippen LogP contribution in [0.5, 0.6) is 23.0 Å². The highest BCUT2D eigenvalue weighted by atomic mass is 16.5. The van der Waals surface area contributed by atoms with Gasteiger partial charge in [0.25, 0.3) is 0 Å². The third kappa shape index (κ3) is 10.6. The second-order valence-electron chi connectivity index (χ2n) is 9.06. The van der Waals surface area contributed by atoms with Crippen molar-refractivity contribution in [3.05, 3.63) is 41.5 Å². The third-order valence-corrected chi connectivity index (χ3v) is 6.04. The van der Waals surface area contributed by atoms with Crippen molar-refractivity contribution >= 4 is 41.6 Å². The second-order valence-corrected chi connectivity index (χ2v) is 9.06. The Morgan fingerprint density at radius 3 is 2.05 bits per heavy atom. The molecular formula is C29H39N5O8. The van der Waals surface area contributed by atoms with Crippen LogP contribution >= 0.6 is 0 Å². The van der Waals surface area contributed by atoms with Crippen LogP contribution in [0.3, 0.4) is 0 Å². The van der Waals surface area contributed by atoms with Crippen LogP contribution in [0.15, 0.2) is 35.3 Å². The molecular weight excluding hydrogens is 546 g/mol. The third-order valence-electron chi connectivity index (χ3n) is 6.04. The summed E-state index contributed by atoms with van der Waals surface area (Å²) < 4.78 is 21.5. The van der Waals surface area contributed by atoms with Gasteiger partial charge in [-0.15, -0.1) is 0 Å². The monoisotopic (exact) mass is 585 g/mol. The molecule has 0 aromatic heterocycles. The molecule has 0 fully saturated rings. The zero-order chi connectivity index (χ0) is 31.1. The van der Waals surface area contributed by atoms with E-state index in [0.717, 1.165) is 11.1 Å². The Morgan fingerprint density at radius 2 is 1.48 bits per heavy atom. The van der Waals surface area contributed by atoms with Crippen molar-refractivity contribution in [2.24, 2.45) is 16.5 Å². The number of hydrogen-bond donors (Lipinski definition) is 5. The molecule has 42 heavy (non-hydrogen) atoms. The van der Waals surface area contributed by atoms with Crippen LogP contribution in [0.25, 0.3) is 12.2 Å². The Labute approximate surface area is 244 Å². The van der Waals surface area contributed by atoms with Gasteiger partial charge < -0.3 is 46.2 Å². The molecule has 13 heteroatoms. The average molecular weight is 586 g/mol. The molecule has 0 saturated heterocycles. The molecule has 2 aromatic carbocycles. The molecule has 0 aliphatic heterocycles. The first-order valence-electron chi connectivity index (χ1n) is 13.1. The minimum Gasteiger partial charge on any atom is -0.495 e. The number of benzene rings is 2. The number of aliphatic carboxylic acids is 1. The summed E-state index contributed by atoms with van der Waals surface area (Å²) in [5, 5.41) is 14.6. The Hall–Kier alpha value is -4.94. The highest BCUT2D eigenvalue weighted by Gasteiger charge is 2.19. The van der Waals surface area contributed by atoms with E-state index in [1.54, 1.807) is 26.4 Å². The molecule has 2 aromatic rings. The standard InChI is InChI=1S/C29H39N5O8/c1-39-22-13-12-18(10-11-19-16-23(40-2)27(42-4)24(17-19)41-3)15-21(22)34-26(36)9-5-8-25(35)33-20(28(37)38)7-6-14-32-29(30)31/h10-13,15-17,20H,5-9,14H2,1-4H3,(H,33,35)(H,34,36)(H,37,38)(H4,30,31,32)/b11-10-/t20-/m0/s1. The van der Waals surface area contributed by atoms with E-state index in [4.69, 9.17) is 30.4 Å². The van der Waals surface area contributed by atoms with Crippen molar-refractivity contribution in [2.45, 2.75) is 38.1 Å². The number of aliphatic imine (C=N–C) groups is 1. The first-order valence-corrected chi connectivity index (χ1v) is 13.1. The van der Waals surface area contributed by atoms with E-state index in [-0.39, 0.29) is 44.1 Å². The number of anilines is 1. The van der Waals surface area contributed by atoms with Crippen LogP contribution < -0.4 is 41.0 Å². The molecule has 0 aliphatic rings. The fourth-order valence-electron chi connectivity index (χ4n) is 3.97. The lowest BCUT2D eigenvalue weighted by molar-refractivity contribution is -0.142. The van der Waals surface area contributed by atoms with Gasteiger partial charge in [0.05, 0.1) is 34.1 Å². The van der Waals surface area contributed by atoms with Crippen molar-refractivity contribution in [3.8, 4) is 23.0 Å². The van der Waals surface area contributed by atoms with Crippen molar-refractivity contribution in [2.75, 3.05) is 40.3 Å². The van der Waals surface area contributed by atoms with Crippen LogP contribution in [0.2, 0.25) is 0 Å². The van der Waals surface area contributed by atoms with Crippen LogP contribution in [0, 0.1) is 0 Å². The fraction of sp³-hybridized carbons (Fsp3) is 0.379. The van der Waals surface area contributed by atoms with E-state index in [1.807, 2.05) is 30.4 Å². The number of methoxy groups -OCH3 is 4. The Morgan fingerprint density at radius 1 is 0.857 bits per heavy atom. The summed E-state index contributed by atoms with van der Waals surface area (Å²) in [6, 6.07) is 7.89. The molecule has 2 amide bonds. The largest absolute Gasteiger partial charge is 0.495 e. The van der Waals surface area contributed by atoms with Gasteiger partial charge >= 0.3 is 5.97 Å². The maximum absolute atomic E-state index is 12.6. The number of ether oxygens (including phenoxy) is 4. The predicted octanol–water partition coefficient (Wildman–Crippen LogP) is 2.62. The summed E-state index contributed by atoms with van der Waals surface area (Å²) in [6.45, 7) is 0.258. The zero-order valence-electron chi connectivity index (χ0n) is 24.3. The van der Waals surface area contributed by atoms with E-state index in [0.29, 0.717) is 35.1 Å². The lowest BCUT2D eigenvalue weighted by atomic mass is 10.1. The van der Waals surface area contributed by atoms with Gasteiger partial charge in [-0.3, -0.25) is 14.6 Å². The molecule has 0 spiro atoms. The first kappa shape index (κ1) is 33.3. The number of nitrogens with zero attached hydrogens (tertiary/aromatic N) is 1. The van der Waals surface area contributed by atoms with Crippen LogP contribution in [-0.2, 0) is 14.4 Å². The summed E-state index contributed by atoms with van der Waals surface area (Å²) in [4.78, 5) is 40.1. The molecule has 0 unspecified atom stereocenters. The quantitative estimate of drug-likeness (QED) is 0.0796. The number of carbonyl (C=O) groups excluding carboxylic acids is 2. The van der Waals surface area contributed by atoms with Gasteiger partial charge in [0.2, 0.25) is 17.6 Å². The van der Waals surface area contributed by atoms with Gasteiger partial charge in [-0.2, -0.15) is 0 Å². The smallest absolute Gasteiger partial charge is 0.326 e. The molecule has 0 radical (unpaired) electrons. The lowest BCUT2D eigenvalue weighted by Gasteiger charge is -2.14. The molecule has 7 N–H and O–H groups in total. The van der Waals surface area contributed by atoms with E-state index < -0.39 is 17.9 Å². The van der Waals surface area contributed by atoms with Gasteiger partial charge in [0.1, 0.15) is 11.8 Å². The van der Waals surface area contributed by atoms with Crippen molar-refractivity contribution in [1.82, 2.24) is 5.32 Å². The first-order chi connectivity index (χ1) is 20.1. The number of nitrogens with two attached hydrogens (primary N) is 2. The minimum absolute atomic E-state index is 0.0141. The van der Waals surface area contributed by atoms with Crippen LogP contribution in [0.1, 0.15) is 43.2 Å². The summed E-state index contributed by atoms with van der Waals surface area (Å²) in [5.41, 5.74) is 12.6. The molecule has 0 bridgehead atoms. The molecule has 0 saturated carbocycles. The minimum atomic E-state index is -1.16. The van der Waals surface area contributed by atoms with E-state index in [1.165, 1.54) is 14.2 Å². The van der Waals surface area contributed by atoms with E-state index in [9.17, 15) is 19.5 Å². The second kappa shape index (κ2) is 17.0. The number of guanidine groups is 1. The summed E-state index contributed by atoms with van der Waals surface area (Å²) in [6.07, 6.45) is 4.53. The van der Waals surface area contributed by atoms with E-state index >= 15 is 0 Å². The predicted molar refractivity (Wildman–Crippen MR) is 160 cm³/mol. The summed E-state index contributed by atoms with van der Waals surface area (Å²) in [5.74, 6) is -0.0186. The summed E-state index contributed by atoms with van der Waals surface area (Å²) >= 11 is 0. The number of hydrogen-bond acceptors (Lipinski definition) is 8. The number of carbonyl (C=O) groups is 3. The molecule has 2 rings (SSSR count). The van der Waals surface area contributed by atoms with Crippen LogP contribution in [-0.4, -0.2) is 69.9 Å². The Kier molecular flexibility index (Phi) is 13.5. The van der Waals surface area contributed by atoms with E-state index in [2.05, 4.69) is 15.6 Å². The molecule has 1 atom stereocenters. The topological polar surface area (TPSA) is 197 Å². The van der Waals surface area contributed by atoms with Gasteiger partial charge in [0.15, 0.2) is 17.5 Å². The lowest BCUT2D eigenvalue weighted by Crippen LogP contribution is -2.40. The van der Waals surface area contributed by atoms with Gasteiger partial charge in [-0.1, -0.05) is 18.2 Å². The van der Waals surface area contributed by atoms with Crippen molar-refractivity contribution < 1.29 is 38.4 Å². The number of amides is 2. The fourth-order valence-corrected chi connectivity index (χ4v) is 3.97. The number of rotatable bonds is 17. The highest BCUT2D eigenvalue weighted by Crippen LogP contribution is 2.38.